The zero-order valence-electron chi connectivity index (χ0n) is 9.92. The van der Waals surface area contributed by atoms with Crippen LogP contribution < -0.4 is 0 Å². The molecule has 0 saturated carbocycles. The monoisotopic (exact) mass is 376 g/mol. The molecule has 1 aromatic heterocycles. The lowest BCUT2D eigenvalue weighted by Gasteiger charge is -2.12. The molecule has 0 N–H and O–H groups in total. The van der Waals surface area contributed by atoms with Crippen molar-refractivity contribution < 1.29 is 0 Å². The first kappa shape index (κ1) is 12.6. The van der Waals surface area contributed by atoms with Crippen LogP contribution in [0.4, 0.5) is 0 Å². The maximum Gasteiger partial charge on any atom is 0.144 e. The summed E-state index contributed by atoms with van der Waals surface area (Å²) in [6.07, 6.45) is 3.78. The molecule has 0 spiro atoms. The van der Waals surface area contributed by atoms with E-state index >= 15 is 0 Å². The lowest BCUT2D eigenvalue weighted by Crippen LogP contribution is -1.98. The van der Waals surface area contributed by atoms with E-state index in [0.29, 0.717) is 0 Å². The Bertz CT molecular complexity index is 685. The summed E-state index contributed by atoms with van der Waals surface area (Å²) in [4.78, 5) is 4.47. The van der Waals surface area contributed by atoms with Gasteiger partial charge in [-0.2, -0.15) is 0 Å². The number of hydrogen-bond acceptors (Lipinski definition) is 1. The molecule has 0 aliphatic heterocycles. The van der Waals surface area contributed by atoms with Crippen LogP contribution in [0.15, 0.2) is 69.9 Å². The van der Waals surface area contributed by atoms with Crippen LogP contribution in [0, 0.1) is 0 Å². The lowest BCUT2D eigenvalue weighted by atomic mass is 10.2. The second-order valence-electron chi connectivity index (χ2n) is 4.06. The smallest absolute Gasteiger partial charge is 0.144 e. The van der Waals surface area contributed by atoms with Crippen LogP contribution in [0.5, 0.6) is 0 Å². The average molecular weight is 378 g/mol. The van der Waals surface area contributed by atoms with Gasteiger partial charge in [-0.25, -0.2) is 4.98 Å². The van der Waals surface area contributed by atoms with E-state index in [1.54, 1.807) is 0 Å². The van der Waals surface area contributed by atoms with Crippen LogP contribution in [-0.2, 0) is 0 Å². The van der Waals surface area contributed by atoms with Crippen LogP contribution >= 0.6 is 31.9 Å². The second-order valence-corrected chi connectivity index (χ2v) is 5.77. The zero-order valence-corrected chi connectivity index (χ0v) is 13.1. The molecule has 0 bridgehead atoms. The number of para-hydroxylation sites is 1. The Morgan fingerprint density at radius 3 is 2.21 bits per heavy atom. The Kier molecular flexibility index (Phi) is 3.53. The molecule has 2 nitrogen and oxygen atoms in total. The highest BCUT2D eigenvalue weighted by Crippen LogP contribution is 2.32. The number of aromatic nitrogens is 2. The van der Waals surface area contributed by atoms with Crippen molar-refractivity contribution in [2.75, 3.05) is 0 Å². The van der Waals surface area contributed by atoms with Crippen LogP contribution in [0.2, 0.25) is 0 Å². The standard InChI is InChI=1S/C15H10Br2N2/c16-12-7-4-8-13(17)14(12)19-10-9-18-15(19)11-5-2-1-3-6-11/h1-10H. The van der Waals surface area contributed by atoms with Gasteiger partial charge < -0.3 is 0 Å². The highest BCUT2D eigenvalue weighted by atomic mass is 79.9. The largest absolute Gasteiger partial charge is 0.298 e. The predicted molar refractivity (Wildman–Crippen MR) is 84.4 cm³/mol. The highest BCUT2D eigenvalue weighted by molar-refractivity contribution is 9.11. The van der Waals surface area contributed by atoms with Gasteiger partial charge in [-0.3, -0.25) is 4.57 Å². The van der Waals surface area contributed by atoms with Crippen molar-refractivity contribution in [1.29, 1.82) is 0 Å². The Labute approximate surface area is 128 Å². The molecule has 0 aliphatic rings. The molecule has 0 atom stereocenters. The fraction of sp³-hybridized carbons (Fsp3) is 0. The Morgan fingerprint density at radius 1 is 0.842 bits per heavy atom. The van der Waals surface area contributed by atoms with Crippen molar-refractivity contribution >= 4 is 31.9 Å². The Balaban J connectivity index is 2.21. The van der Waals surface area contributed by atoms with Gasteiger partial charge in [0.15, 0.2) is 0 Å². The summed E-state index contributed by atoms with van der Waals surface area (Å²) in [6.45, 7) is 0. The molecule has 0 radical (unpaired) electrons. The van der Waals surface area contributed by atoms with E-state index < -0.39 is 0 Å². The van der Waals surface area contributed by atoms with Crippen molar-refractivity contribution in [3.8, 4) is 17.1 Å². The molecule has 0 fully saturated rings. The molecule has 2 aromatic carbocycles. The first-order valence-electron chi connectivity index (χ1n) is 5.80. The number of hydrogen-bond donors (Lipinski definition) is 0. The molecular formula is C15H10Br2N2. The number of nitrogens with zero attached hydrogens (tertiary/aromatic N) is 2. The Hall–Kier alpha value is -1.39. The van der Waals surface area contributed by atoms with Gasteiger partial charge in [0.05, 0.1) is 5.69 Å². The molecule has 0 amide bonds. The summed E-state index contributed by atoms with van der Waals surface area (Å²) < 4.78 is 4.12. The molecule has 0 unspecified atom stereocenters. The predicted octanol–water partition coefficient (Wildman–Crippen LogP) is 5.06. The van der Waals surface area contributed by atoms with Crippen molar-refractivity contribution in [1.82, 2.24) is 9.55 Å². The number of imidazole rings is 1. The molecular weight excluding hydrogens is 368 g/mol. The van der Waals surface area contributed by atoms with E-state index in [0.717, 1.165) is 26.0 Å². The minimum Gasteiger partial charge on any atom is -0.298 e. The number of halogens is 2. The van der Waals surface area contributed by atoms with Crippen LogP contribution in [0.25, 0.3) is 17.1 Å². The van der Waals surface area contributed by atoms with Crippen molar-refractivity contribution in [3.05, 3.63) is 69.9 Å². The molecule has 19 heavy (non-hydrogen) atoms. The first-order valence-corrected chi connectivity index (χ1v) is 7.39. The van der Waals surface area contributed by atoms with Crippen LogP contribution in [-0.4, -0.2) is 9.55 Å². The minimum atomic E-state index is 0.924. The highest BCUT2D eigenvalue weighted by Gasteiger charge is 2.12. The van der Waals surface area contributed by atoms with Gasteiger partial charge in [0.2, 0.25) is 0 Å². The van der Waals surface area contributed by atoms with E-state index in [1.807, 2.05) is 48.8 Å². The summed E-state index contributed by atoms with van der Waals surface area (Å²) >= 11 is 7.19. The summed E-state index contributed by atoms with van der Waals surface area (Å²) in [5, 5.41) is 0. The van der Waals surface area contributed by atoms with E-state index in [-0.39, 0.29) is 0 Å². The first-order chi connectivity index (χ1) is 9.27. The van der Waals surface area contributed by atoms with E-state index in [1.165, 1.54) is 0 Å². The summed E-state index contributed by atoms with van der Waals surface area (Å²) in [6, 6.07) is 16.2. The van der Waals surface area contributed by atoms with Crippen molar-refractivity contribution in [3.63, 3.8) is 0 Å². The van der Waals surface area contributed by atoms with Crippen molar-refractivity contribution in [2.24, 2.45) is 0 Å². The molecule has 0 aliphatic carbocycles. The van der Waals surface area contributed by atoms with Gasteiger partial charge in [0, 0.05) is 26.9 Å². The molecule has 3 aromatic rings. The SMILES string of the molecule is Brc1cccc(Br)c1-n1ccnc1-c1ccccc1. The minimum absolute atomic E-state index is 0.924. The fourth-order valence-electron chi connectivity index (χ4n) is 2.00. The van der Waals surface area contributed by atoms with Gasteiger partial charge in [-0.1, -0.05) is 36.4 Å². The molecule has 0 saturated heterocycles. The van der Waals surface area contributed by atoms with E-state index in [4.69, 9.17) is 0 Å². The molecule has 3 rings (SSSR count). The van der Waals surface area contributed by atoms with Crippen molar-refractivity contribution in [2.45, 2.75) is 0 Å². The fourth-order valence-corrected chi connectivity index (χ4v) is 3.38. The van der Waals surface area contributed by atoms with E-state index in [2.05, 4.69) is 53.5 Å². The van der Waals surface area contributed by atoms with Gasteiger partial charge >= 0.3 is 0 Å². The van der Waals surface area contributed by atoms with Crippen LogP contribution in [0.1, 0.15) is 0 Å². The normalized spacial score (nSPS) is 10.6. The number of rotatable bonds is 2. The third-order valence-corrected chi connectivity index (χ3v) is 4.13. The van der Waals surface area contributed by atoms with Crippen LogP contribution in [0.3, 0.4) is 0 Å². The number of benzene rings is 2. The van der Waals surface area contributed by atoms with Gasteiger partial charge in [0.1, 0.15) is 5.82 Å². The van der Waals surface area contributed by atoms with E-state index in [9.17, 15) is 0 Å². The van der Waals surface area contributed by atoms with Gasteiger partial charge in [-0.05, 0) is 44.0 Å². The summed E-state index contributed by atoms with van der Waals surface area (Å²) in [7, 11) is 0. The summed E-state index contributed by atoms with van der Waals surface area (Å²) in [5.74, 6) is 0.924. The lowest BCUT2D eigenvalue weighted by molar-refractivity contribution is 1.05. The average Bonchev–Trinajstić information content (AvgIpc) is 2.89. The molecule has 94 valence electrons. The second kappa shape index (κ2) is 5.31. The maximum atomic E-state index is 4.47. The zero-order chi connectivity index (χ0) is 13.2. The van der Waals surface area contributed by atoms with Gasteiger partial charge in [0.25, 0.3) is 0 Å². The quantitative estimate of drug-likeness (QED) is 0.610. The van der Waals surface area contributed by atoms with Gasteiger partial charge in [-0.15, -0.1) is 0 Å². The summed E-state index contributed by atoms with van der Waals surface area (Å²) in [5.41, 5.74) is 2.15. The molecule has 1 heterocycles. The topological polar surface area (TPSA) is 17.8 Å². The molecule has 4 heteroatoms. The third kappa shape index (κ3) is 2.38. The Morgan fingerprint density at radius 2 is 1.53 bits per heavy atom. The third-order valence-electron chi connectivity index (χ3n) is 2.85. The maximum absolute atomic E-state index is 4.47.